The first-order valence-corrected chi connectivity index (χ1v) is 12.4. The van der Waals surface area contributed by atoms with Gasteiger partial charge in [-0.3, -0.25) is 9.48 Å². The molecule has 3 N–H and O–H groups in total. The molecule has 0 atom stereocenters. The molecule has 0 unspecified atom stereocenters. The summed E-state index contributed by atoms with van der Waals surface area (Å²) in [7, 11) is 0. The van der Waals surface area contributed by atoms with Crippen LogP contribution in [0.2, 0.25) is 0 Å². The molecule has 3 aromatic carbocycles. The highest BCUT2D eigenvalue weighted by Crippen LogP contribution is 2.42. The molecule has 6 aromatic rings. The molecule has 0 aliphatic carbocycles. The average Bonchev–Trinajstić information content (AvgIpc) is 3.63. The van der Waals surface area contributed by atoms with E-state index in [4.69, 9.17) is 4.42 Å². The van der Waals surface area contributed by atoms with Crippen LogP contribution >= 0.6 is 11.3 Å². The summed E-state index contributed by atoms with van der Waals surface area (Å²) in [6.07, 6.45) is 1.82. The van der Waals surface area contributed by atoms with E-state index in [1.165, 1.54) is 23.5 Å². The predicted molar refractivity (Wildman–Crippen MR) is 142 cm³/mol. The highest BCUT2D eigenvalue weighted by atomic mass is 32.1. The monoisotopic (exact) mass is 525 g/mol. The van der Waals surface area contributed by atoms with Crippen LogP contribution in [0.25, 0.3) is 43.8 Å². The number of nitrogens with one attached hydrogen (secondary N) is 1. The molecule has 11 heteroatoms. The topological polar surface area (TPSA) is 143 Å². The number of aryl methyl sites for hydroxylation is 1. The number of thiazole rings is 1. The van der Waals surface area contributed by atoms with Crippen molar-refractivity contribution < 1.29 is 24.2 Å². The molecule has 38 heavy (non-hydrogen) atoms. The van der Waals surface area contributed by atoms with E-state index in [0.717, 1.165) is 15.8 Å². The molecule has 0 aliphatic rings. The van der Waals surface area contributed by atoms with Gasteiger partial charge in [0.05, 0.1) is 28.5 Å². The van der Waals surface area contributed by atoms with E-state index in [1.807, 2.05) is 54.6 Å². The van der Waals surface area contributed by atoms with Gasteiger partial charge in [0.15, 0.2) is 5.13 Å². The van der Waals surface area contributed by atoms with E-state index in [0.29, 0.717) is 33.1 Å². The van der Waals surface area contributed by atoms with Gasteiger partial charge in [-0.05, 0) is 18.2 Å². The number of hydrogen-bond donors (Lipinski definition) is 3. The van der Waals surface area contributed by atoms with Crippen molar-refractivity contribution in [2.75, 3.05) is 5.32 Å². The van der Waals surface area contributed by atoms with Gasteiger partial charge in [-0.25, -0.2) is 9.78 Å². The van der Waals surface area contributed by atoms with Gasteiger partial charge in [0.2, 0.25) is 5.91 Å². The average molecular weight is 526 g/mol. The molecular formula is C27H19N5O5S. The maximum atomic E-state index is 12.5. The van der Waals surface area contributed by atoms with Crippen LogP contribution in [0.3, 0.4) is 0 Å². The van der Waals surface area contributed by atoms with Gasteiger partial charge in [0, 0.05) is 23.4 Å². The zero-order chi connectivity index (χ0) is 26.2. The van der Waals surface area contributed by atoms with Crippen molar-refractivity contribution >= 4 is 49.5 Å². The molecule has 0 aliphatic heterocycles. The van der Waals surface area contributed by atoms with Crippen LogP contribution in [0.15, 0.2) is 77.3 Å². The Balaban J connectivity index is 1.29. The van der Waals surface area contributed by atoms with E-state index in [-0.39, 0.29) is 24.4 Å². The summed E-state index contributed by atoms with van der Waals surface area (Å²) in [5.41, 5.74) is 2.62. The first-order chi connectivity index (χ1) is 18.5. The summed E-state index contributed by atoms with van der Waals surface area (Å²) in [6.45, 7) is 0.265. The molecular weight excluding hydrogens is 506 g/mol. The minimum absolute atomic E-state index is 0.146. The minimum atomic E-state index is -1.26. The Morgan fingerprint density at radius 3 is 2.63 bits per heavy atom. The highest BCUT2D eigenvalue weighted by Gasteiger charge is 2.23. The second kappa shape index (κ2) is 9.45. The van der Waals surface area contributed by atoms with Gasteiger partial charge in [-0.1, -0.05) is 59.0 Å². The van der Waals surface area contributed by atoms with Crippen molar-refractivity contribution in [3.63, 3.8) is 0 Å². The number of furan rings is 1. The Labute approximate surface area is 218 Å². The number of hydrogen-bond acceptors (Lipinski definition) is 8. The normalized spacial score (nSPS) is 11.3. The van der Waals surface area contributed by atoms with Crippen LogP contribution in [0.4, 0.5) is 5.13 Å². The zero-order valence-electron chi connectivity index (χ0n) is 19.7. The number of rotatable bonds is 7. The molecule has 0 saturated heterocycles. The van der Waals surface area contributed by atoms with E-state index in [9.17, 15) is 19.8 Å². The number of amides is 1. The number of para-hydroxylation sites is 1. The van der Waals surface area contributed by atoms with Gasteiger partial charge in [-0.15, -0.1) is 5.10 Å². The molecule has 0 fully saturated rings. The molecule has 0 radical (unpaired) electrons. The zero-order valence-corrected chi connectivity index (χ0v) is 20.5. The largest absolute Gasteiger partial charge is 0.507 e. The lowest BCUT2D eigenvalue weighted by molar-refractivity contribution is -0.116. The number of carboxylic acids is 1. The summed E-state index contributed by atoms with van der Waals surface area (Å²) in [5.74, 6) is -1.40. The number of phenols is 1. The van der Waals surface area contributed by atoms with Crippen LogP contribution in [-0.2, 0) is 11.3 Å². The number of fused-ring (bicyclic) bond motifs is 2. The van der Waals surface area contributed by atoms with Crippen molar-refractivity contribution in [2.45, 2.75) is 13.0 Å². The number of aromatic carboxylic acids is 1. The lowest BCUT2D eigenvalue weighted by Gasteiger charge is -2.02. The first-order valence-electron chi connectivity index (χ1n) is 11.6. The SMILES string of the molecule is O=C(CCn1cc(-c2c(-c3ccccc3)oc3cc(O)c(C(=O)O)cc23)nn1)Nc1nc2ccccc2s1. The number of aromatic nitrogens is 4. The Kier molecular flexibility index (Phi) is 5.81. The number of carbonyl (C=O) groups excluding carboxylic acids is 1. The fourth-order valence-electron chi connectivity index (χ4n) is 4.20. The second-order valence-electron chi connectivity index (χ2n) is 8.49. The summed E-state index contributed by atoms with van der Waals surface area (Å²) < 4.78 is 8.59. The van der Waals surface area contributed by atoms with Crippen LogP contribution in [0.1, 0.15) is 16.8 Å². The maximum Gasteiger partial charge on any atom is 0.339 e. The Morgan fingerprint density at radius 2 is 1.84 bits per heavy atom. The third-order valence-electron chi connectivity index (χ3n) is 5.98. The summed E-state index contributed by atoms with van der Waals surface area (Å²) in [6, 6.07) is 19.6. The first kappa shape index (κ1) is 23.4. The molecule has 10 nitrogen and oxygen atoms in total. The Hall–Kier alpha value is -5.03. The number of benzene rings is 3. The highest BCUT2D eigenvalue weighted by molar-refractivity contribution is 7.22. The predicted octanol–water partition coefficient (Wildman–Crippen LogP) is 5.40. The van der Waals surface area contributed by atoms with Crippen molar-refractivity contribution in [2.24, 2.45) is 0 Å². The molecule has 188 valence electrons. The molecule has 1 amide bonds. The number of aromatic hydroxyl groups is 1. The smallest absolute Gasteiger partial charge is 0.339 e. The molecule has 0 spiro atoms. The lowest BCUT2D eigenvalue weighted by atomic mass is 10.0. The standard InChI is InChI=1S/C27H19N5O5S/c33-20-13-21-17(12-16(20)26(35)36)24(25(37-21)15-6-2-1-3-7-15)19-14-32(31-30-19)11-10-23(34)29-27-28-18-8-4-5-9-22(18)38-27/h1-9,12-14,33H,10-11H2,(H,35,36)(H,28,29,34). The number of carbonyl (C=O) groups is 2. The summed E-state index contributed by atoms with van der Waals surface area (Å²) in [5, 5.41) is 32.0. The molecule has 3 aromatic heterocycles. The minimum Gasteiger partial charge on any atom is -0.507 e. The number of carboxylic acid groups (broad SMARTS) is 1. The van der Waals surface area contributed by atoms with Crippen molar-refractivity contribution in [1.29, 1.82) is 0 Å². The van der Waals surface area contributed by atoms with Gasteiger partial charge in [0.1, 0.15) is 28.4 Å². The fourth-order valence-corrected chi connectivity index (χ4v) is 5.08. The molecule has 6 rings (SSSR count). The van der Waals surface area contributed by atoms with E-state index in [1.54, 1.807) is 10.9 Å². The fraction of sp³-hybridized carbons (Fsp3) is 0.0741. The van der Waals surface area contributed by atoms with Crippen molar-refractivity contribution in [3.8, 4) is 28.3 Å². The molecule has 0 saturated carbocycles. The van der Waals surface area contributed by atoms with Crippen molar-refractivity contribution in [3.05, 3.63) is 78.5 Å². The van der Waals surface area contributed by atoms with Crippen LogP contribution in [-0.4, -0.2) is 42.1 Å². The van der Waals surface area contributed by atoms with Crippen LogP contribution in [0, 0.1) is 0 Å². The summed E-state index contributed by atoms with van der Waals surface area (Å²) >= 11 is 1.41. The third-order valence-corrected chi connectivity index (χ3v) is 6.93. The van der Waals surface area contributed by atoms with E-state index >= 15 is 0 Å². The third kappa shape index (κ3) is 4.35. The Morgan fingerprint density at radius 1 is 1.05 bits per heavy atom. The lowest BCUT2D eigenvalue weighted by Crippen LogP contribution is -2.14. The van der Waals surface area contributed by atoms with E-state index in [2.05, 4.69) is 20.6 Å². The quantitative estimate of drug-likeness (QED) is 0.251. The van der Waals surface area contributed by atoms with Gasteiger partial charge >= 0.3 is 5.97 Å². The van der Waals surface area contributed by atoms with Gasteiger partial charge < -0.3 is 19.9 Å². The number of nitrogens with zero attached hydrogens (tertiary/aromatic N) is 4. The number of anilines is 1. The summed E-state index contributed by atoms with van der Waals surface area (Å²) in [4.78, 5) is 28.6. The Bertz CT molecular complexity index is 1790. The molecule has 0 bridgehead atoms. The van der Waals surface area contributed by atoms with Crippen LogP contribution in [0.5, 0.6) is 5.75 Å². The molecule has 3 heterocycles. The second-order valence-corrected chi connectivity index (χ2v) is 9.53. The van der Waals surface area contributed by atoms with Crippen LogP contribution < -0.4 is 5.32 Å². The van der Waals surface area contributed by atoms with Gasteiger partial charge in [-0.2, -0.15) is 0 Å². The maximum absolute atomic E-state index is 12.5. The van der Waals surface area contributed by atoms with Crippen molar-refractivity contribution in [1.82, 2.24) is 20.0 Å². The van der Waals surface area contributed by atoms with E-state index < -0.39 is 11.7 Å². The van der Waals surface area contributed by atoms with Gasteiger partial charge in [0.25, 0.3) is 0 Å².